The van der Waals surface area contributed by atoms with Crippen molar-refractivity contribution < 1.29 is 8.42 Å². The van der Waals surface area contributed by atoms with Crippen LogP contribution in [0.3, 0.4) is 0 Å². The van der Waals surface area contributed by atoms with Gasteiger partial charge in [0.15, 0.2) is 0 Å². The van der Waals surface area contributed by atoms with E-state index in [4.69, 9.17) is 5.73 Å². The van der Waals surface area contributed by atoms with Crippen LogP contribution < -0.4 is 5.73 Å². The van der Waals surface area contributed by atoms with E-state index in [1.54, 1.807) is 8.61 Å². The van der Waals surface area contributed by atoms with Gasteiger partial charge in [-0.1, -0.05) is 33.6 Å². The molecule has 0 aromatic carbocycles. The van der Waals surface area contributed by atoms with Gasteiger partial charge in [0.05, 0.1) is 0 Å². The lowest BCUT2D eigenvalue weighted by atomic mass is 9.98. The Morgan fingerprint density at radius 3 is 2.00 bits per heavy atom. The average molecular weight is 291 g/mol. The Morgan fingerprint density at radius 2 is 1.63 bits per heavy atom. The van der Waals surface area contributed by atoms with Crippen LogP contribution in [0.5, 0.6) is 0 Å². The van der Waals surface area contributed by atoms with Crippen molar-refractivity contribution in [2.75, 3.05) is 26.2 Å². The van der Waals surface area contributed by atoms with E-state index >= 15 is 0 Å². The minimum atomic E-state index is -3.39. The summed E-state index contributed by atoms with van der Waals surface area (Å²) in [6.07, 6.45) is 4.76. The molecule has 6 heteroatoms. The van der Waals surface area contributed by atoms with Crippen molar-refractivity contribution in [2.45, 2.75) is 58.4 Å². The van der Waals surface area contributed by atoms with E-state index in [0.29, 0.717) is 26.2 Å². The highest BCUT2D eigenvalue weighted by Gasteiger charge is 2.45. The third-order valence-corrected chi connectivity index (χ3v) is 6.48. The van der Waals surface area contributed by atoms with Gasteiger partial charge in [-0.3, -0.25) is 0 Å². The molecule has 0 aromatic heterocycles. The number of rotatable bonds is 8. The van der Waals surface area contributed by atoms with Crippen LogP contribution in [-0.4, -0.2) is 48.7 Å². The van der Waals surface area contributed by atoms with Crippen molar-refractivity contribution >= 4 is 10.2 Å². The fourth-order valence-electron chi connectivity index (χ4n) is 3.08. The molecule has 0 aromatic rings. The molecule has 0 amide bonds. The van der Waals surface area contributed by atoms with Crippen LogP contribution in [0.2, 0.25) is 0 Å². The number of nitrogens with two attached hydrogens (primary N) is 1. The zero-order valence-electron chi connectivity index (χ0n) is 12.6. The fourth-order valence-corrected chi connectivity index (χ4v) is 5.17. The van der Waals surface area contributed by atoms with Crippen LogP contribution in [-0.2, 0) is 10.2 Å². The van der Waals surface area contributed by atoms with E-state index in [0.717, 1.165) is 32.1 Å². The maximum Gasteiger partial charge on any atom is 0.282 e. The molecule has 1 aliphatic rings. The van der Waals surface area contributed by atoms with Gasteiger partial charge in [0, 0.05) is 31.7 Å². The van der Waals surface area contributed by atoms with Crippen molar-refractivity contribution in [3.05, 3.63) is 0 Å². The lowest BCUT2D eigenvalue weighted by molar-refractivity contribution is 0.183. The van der Waals surface area contributed by atoms with E-state index < -0.39 is 10.2 Å². The minimum absolute atomic E-state index is 0.350. The smallest absolute Gasteiger partial charge is 0.282 e. The van der Waals surface area contributed by atoms with Gasteiger partial charge >= 0.3 is 0 Å². The molecule has 1 saturated carbocycles. The highest BCUT2D eigenvalue weighted by molar-refractivity contribution is 7.86. The number of hydrogen-bond acceptors (Lipinski definition) is 3. The normalized spacial score (nSPS) is 19.5. The van der Waals surface area contributed by atoms with Gasteiger partial charge in [0.2, 0.25) is 0 Å². The highest BCUT2D eigenvalue weighted by atomic mass is 32.2. The topological polar surface area (TPSA) is 66.6 Å². The van der Waals surface area contributed by atoms with Gasteiger partial charge in [-0.25, -0.2) is 0 Å². The summed E-state index contributed by atoms with van der Waals surface area (Å²) in [6, 6.07) is 0. The van der Waals surface area contributed by atoms with Gasteiger partial charge in [0.1, 0.15) is 0 Å². The first-order valence-corrected chi connectivity index (χ1v) is 8.86. The molecule has 19 heavy (non-hydrogen) atoms. The minimum Gasteiger partial charge on any atom is -0.329 e. The molecule has 0 bridgehead atoms. The first-order chi connectivity index (χ1) is 8.98. The lowest BCUT2D eigenvalue weighted by Crippen LogP contribution is -2.58. The Morgan fingerprint density at radius 1 is 1.11 bits per heavy atom. The summed E-state index contributed by atoms with van der Waals surface area (Å²) in [5, 5.41) is 0. The monoisotopic (exact) mass is 291 g/mol. The number of hydrogen-bond donors (Lipinski definition) is 1. The van der Waals surface area contributed by atoms with E-state index in [9.17, 15) is 8.42 Å². The fraction of sp³-hybridized carbons (Fsp3) is 1.00. The lowest BCUT2D eigenvalue weighted by Gasteiger charge is -2.41. The molecular weight excluding hydrogens is 262 g/mol. The van der Waals surface area contributed by atoms with Crippen molar-refractivity contribution in [3.63, 3.8) is 0 Å². The van der Waals surface area contributed by atoms with Crippen LogP contribution >= 0.6 is 0 Å². The summed E-state index contributed by atoms with van der Waals surface area (Å²) >= 11 is 0. The van der Waals surface area contributed by atoms with Gasteiger partial charge in [0.25, 0.3) is 10.2 Å². The maximum atomic E-state index is 12.8. The molecule has 0 atom stereocenters. The molecule has 0 unspecified atom stereocenters. The van der Waals surface area contributed by atoms with Crippen LogP contribution in [0, 0.1) is 0 Å². The highest BCUT2D eigenvalue weighted by Crippen LogP contribution is 2.37. The second-order valence-corrected chi connectivity index (χ2v) is 7.15. The largest absolute Gasteiger partial charge is 0.329 e. The SMILES string of the molecule is CCCN(C1(CN)CCCC1)S(=O)(=O)N(CC)CC. The molecule has 0 heterocycles. The number of nitrogens with zero attached hydrogens (tertiary/aromatic N) is 2. The molecule has 1 rings (SSSR count). The van der Waals surface area contributed by atoms with E-state index in [1.165, 1.54) is 0 Å². The molecular formula is C13H29N3O2S. The van der Waals surface area contributed by atoms with Crippen molar-refractivity contribution in [1.29, 1.82) is 0 Å². The van der Waals surface area contributed by atoms with Crippen molar-refractivity contribution in [1.82, 2.24) is 8.61 Å². The molecule has 0 saturated heterocycles. The first-order valence-electron chi connectivity index (χ1n) is 7.46. The molecule has 0 spiro atoms. The zero-order chi connectivity index (χ0) is 14.5. The van der Waals surface area contributed by atoms with Gasteiger partial charge < -0.3 is 5.73 Å². The van der Waals surface area contributed by atoms with Crippen molar-refractivity contribution in [2.24, 2.45) is 5.73 Å². The second-order valence-electron chi connectivity index (χ2n) is 5.30. The Hall–Kier alpha value is -0.170. The molecule has 2 N–H and O–H groups in total. The summed E-state index contributed by atoms with van der Waals surface area (Å²) in [5.41, 5.74) is 5.61. The summed E-state index contributed by atoms with van der Waals surface area (Å²) in [7, 11) is -3.39. The summed E-state index contributed by atoms with van der Waals surface area (Å²) in [4.78, 5) is 0. The molecule has 5 nitrogen and oxygen atoms in total. The van der Waals surface area contributed by atoms with Gasteiger partial charge in [-0.15, -0.1) is 0 Å². The van der Waals surface area contributed by atoms with E-state index in [2.05, 4.69) is 0 Å². The van der Waals surface area contributed by atoms with E-state index in [1.807, 2.05) is 20.8 Å². The molecule has 1 aliphatic carbocycles. The summed E-state index contributed by atoms with van der Waals surface area (Å²) in [6.45, 7) is 7.80. The third-order valence-electron chi connectivity index (χ3n) is 4.18. The quantitative estimate of drug-likeness (QED) is 0.738. The molecule has 0 aliphatic heterocycles. The van der Waals surface area contributed by atoms with Crippen molar-refractivity contribution in [3.8, 4) is 0 Å². The Balaban J connectivity index is 3.12. The standard InChI is InChI=1S/C13H29N3O2S/c1-4-11-16(13(12-14)9-7-8-10-13)19(17,18)15(5-2)6-3/h4-12,14H2,1-3H3. The van der Waals surface area contributed by atoms with Gasteiger partial charge in [-0.2, -0.15) is 17.0 Å². The summed E-state index contributed by atoms with van der Waals surface area (Å²) in [5.74, 6) is 0. The molecule has 114 valence electrons. The summed E-state index contributed by atoms with van der Waals surface area (Å²) < 4.78 is 28.9. The predicted octanol–water partition coefficient (Wildman–Crippen LogP) is 1.56. The molecule has 1 fully saturated rings. The van der Waals surface area contributed by atoms with Crippen LogP contribution in [0.4, 0.5) is 0 Å². The van der Waals surface area contributed by atoms with E-state index in [-0.39, 0.29) is 5.54 Å². The first kappa shape index (κ1) is 16.9. The Bertz CT molecular complexity index is 360. The maximum absolute atomic E-state index is 12.8. The van der Waals surface area contributed by atoms with Crippen LogP contribution in [0.1, 0.15) is 52.9 Å². The second kappa shape index (κ2) is 7.02. The zero-order valence-corrected chi connectivity index (χ0v) is 13.4. The Kier molecular flexibility index (Phi) is 6.23. The molecule has 0 radical (unpaired) electrons. The van der Waals surface area contributed by atoms with Crippen LogP contribution in [0.15, 0.2) is 0 Å². The van der Waals surface area contributed by atoms with Crippen LogP contribution in [0.25, 0.3) is 0 Å². The van der Waals surface area contributed by atoms with Gasteiger partial charge in [-0.05, 0) is 19.3 Å². The Labute approximate surface area is 118 Å². The predicted molar refractivity (Wildman–Crippen MR) is 79.1 cm³/mol. The third kappa shape index (κ3) is 3.29. The average Bonchev–Trinajstić information content (AvgIpc) is 2.86.